The van der Waals surface area contributed by atoms with Gasteiger partial charge in [-0.3, -0.25) is 9.59 Å². The number of methoxy groups -OCH3 is 2. The fourth-order valence-electron chi connectivity index (χ4n) is 7.12. The number of aromatic amines is 2. The van der Waals surface area contributed by atoms with Crippen molar-refractivity contribution >= 4 is 46.1 Å². The van der Waals surface area contributed by atoms with Gasteiger partial charge in [-0.05, 0) is 85.8 Å². The molecule has 2 aliphatic rings. The van der Waals surface area contributed by atoms with E-state index < -0.39 is 24.3 Å². The lowest BCUT2D eigenvalue weighted by Crippen LogP contribution is -2.51. The normalized spacial score (nSPS) is 17.9. The molecule has 2 aromatic carbocycles. The molecule has 4 aromatic rings. The zero-order chi connectivity index (χ0) is 38.5. The Morgan fingerprint density at radius 1 is 0.704 bits per heavy atom. The first kappa shape index (κ1) is 37.7. The molecule has 0 radical (unpaired) electrons. The summed E-state index contributed by atoms with van der Waals surface area (Å²) in [6.45, 7) is 8.71. The van der Waals surface area contributed by atoms with Gasteiger partial charge in [-0.1, -0.05) is 39.5 Å². The minimum atomic E-state index is -0.703. The Labute approximate surface area is 314 Å². The van der Waals surface area contributed by atoms with Crippen LogP contribution >= 0.6 is 0 Å². The molecule has 0 aliphatic carbocycles. The number of amides is 4. The third-order valence-corrected chi connectivity index (χ3v) is 9.96. The number of likely N-dealkylation sites (tertiary alicyclic amines) is 2. The maximum absolute atomic E-state index is 13.5. The Morgan fingerprint density at radius 3 is 1.48 bits per heavy atom. The summed E-state index contributed by atoms with van der Waals surface area (Å²) in [5, 5.41) is 5.36. The van der Waals surface area contributed by atoms with E-state index >= 15 is 0 Å². The number of ether oxygens (including phenoxy) is 2. The van der Waals surface area contributed by atoms with Crippen molar-refractivity contribution in [3.05, 3.63) is 59.2 Å². The minimum absolute atomic E-state index is 0.117. The van der Waals surface area contributed by atoms with Crippen LogP contribution in [0.2, 0.25) is 0 Å². The molecule has 282 valence electrons. The molecule has 2 aromatic heterocycles. The average Bonchev–Trinajstić information content (AvgIpc) is 3.98. The Hall–Kier alpha value is -6.02. The van der Waals surface area contributed by atoms with E-state index in [-0.39, 0.29) is 35.7 Å². The summed E-state index contributed by atoms with van der Waals surface area (Å²) < 4.78 is 9.48. The van der Waals surface area contributed by atoms with Crippen molar-refractivity contribution < 1.29 is 28.7 Å². The number of imidazole rings is 2. The van der Waals surface area contributed by atoms with E-state index in [1.807, 2.05) is 64.1 Å². The smallest absolute Gasteiger partial charge is 0.407 e. The Balaban J connectivity index is 1.14. The van der Waals surface area contributed by atoms with Crippen molar-refractivity contribution in [2.75, 3.05) is 27.3 Å². The van der Waals surface area contributed by atoms with Gasteiger partial charge in [0.2, 0.25) is 11.8 Å². The van der Waals surface area contributed by atoms with Gasteiger partial charge in [-0.15, -0.1) is 0 Å². The highest BCUT2D eigenvalue weighted by Gasteiger charge is 2.39. The van der Waals surface area contributed by atoms with Crippen LogP contribution in [0.5, 0.6) is 0 Å². The van der Waals surface area contributed by atoms with Crippen LogP contribution in [-0.2, 0) is 19.1 Å². The molecule has 4 heterocycles. The SMILES string of the molecule is COC(=O)N[C@@H](C(=O)N1CCC[C@H]1c1nc2ccc(C#CC#Cc3ccc4nc([C@@H]5CCCN5C(=O)[C@H](NC(=O)OC)C(C)C)[nH]c4c3)cc2[nH]1)C(C)C. The van der Waals surface area contributed by atoms with Crippen LogP contribution in [0.1, 0.15) is 88.2 Å². The Kier molecular flexibility index (Phi) is 11.4. The Bertz CT molecular complexity index is 2030. The molecule has 4 amide bonds. The molecule has 4 N–H and O–H groups in total. The summed E-state index contributed by atoms with van der Waals surface area (Å²) in [7, 11) is 2.56. The van der Waals surface area contributed by atoms with Crippen LogP contribution in [0, 0.1) is 35.5 Å². The fourth-order valence-corrected chi connectivity index (χ4v) is 7.12. The van der Waals surface area contributed by atoms with Gasteiger partial charge in [-0.2, -0.15) is 0 Å². The quantitative estimate of drug-likeness (QED) is 0.184. The van der Waals surface area contributed by atoms with Crippen LogP contribution < -0.4 is 10.6 Å². The predicted molar refractivity (Wildman–Crippen MR) is 202 cm³/mol. The predicted octanol–water partition coefficient (Wildman–Crippen LogP) is 4.93. The number of carbonyl (C=O) groups is 4. The molecule has 6 rings (SSSR count). The van der Waals surface area contributed by atoms with Crippen LogP contribution in [0.4, 0.5) is 9.59 Å². The third-order valence-electron chi connectivity index (χ3n) is 9.96. The van der Waals surface area contributed by atoms with Gasteiger partial charge in [0, 0.05) is 24.2 Å². The van der Waals surface area contributed by atoms with Gasteiger partial charge in [0.15, 0.2) is 0 Å². The first-order valence-electron chi connectivity index (χ1n) is 18.3. The number of hydrogen-bond acceptors (Lipinski definition) is 8. The standard InChI is InChI=1S/C40H46N8O6/c1-23(2)33(45-39(51)53-5)37(49)47-19-9-13-31(47)35-41-27-17-15-25(21-29(27)43-35)11-7-8-12-26-16-18-28-30(22-26)44-36(42-28)32-14-10-20-48(32)38(50)34(24(3)4)46-40(52)54-6/h15-18,21-24,31-34H,9-10,13-14,19-20H2,1-6H3,(H,41,43)(H,42,44)(H,45,51)(H,46,52)/t31-,32-,33+,34+/m0/s1. The van der Waals surface area contributed by atoms with E-state index in [9.17, 15) is 19.2 Å². The van der Waals surface area contributed by atoms with Crippen LogP contribution in [0.3, 0.4) is 0 Å². The molecule has 14 nitrogen and oxygen atoms in total. The van der Waals surface area contributed by atoms with Crippen LogP contribution in [-0.4, -0.2) is 93.1 Å². The maximum atomic E-state index is 13.5. The van der Waals surface area contributed by atoms with Crippen molar-refractivity contribution in [1.82, 2.24) is 40.4 Å². The summed E-state index contributed by atoms with van der Waals surface area (Å²) >= 11 is 0. The molecule has 0 bridgehead atoms. The molecular formula is C40H46N8O6. The minimum Gasteiger partial charge on any atom is -0.453 e. The number of alkyl carbamates (subject to hydrolysis) is 2. The average molecular weight is 735 g/mol. The number of H-pyrrole nitrogens is 2. The third kappa shape index (κ3) is 8.13. The lowest BCUT2D eigenvalue weighted by molar-refractivity contribution is -0.136. The molecule has 54 heavy (non-hydrogen) atoms. The molecule has 4 atom stereocenters. The molecule has 14 heteroatoms. The highest BCUT2D eigenvalue weighted by Crippen LogP contribution is 2.34. The highest BCUT2D eigenvalue weighted by molar-refractivity contribution is 5.87. The first-order chi connectivity index (χ1) is 26.0. The summed E-state index contributed by atoms with van der Waals surface area (Å²) in [5.74, 6) is 12.9. The van der Waals surface area contributed by atoms with Crippen molar-refractivity contribution in [1.29, 1.82) is 0 Å². The summed E-state index contributed by atoms with van der Waals surface area (Å²) in [4.78, 5) is 70.8. The molecular weight excluding hydrogens is 688 g/mol. The van der Waals surface area contributed by atoms with Gasteiger partial charge in [0.05, 0.1) is 48.4 Å². The van der Waals surface area contributed by atoms with E-state index in [2.05, 4.69) is 44.3 Å². The van der Waals surface area contributed by atoms with Gasteiger partial charge in [-0.25, -0.2) is 19.6 Å². The lowest BCUT2D eigenvalue weighted by atomic mass is 10.0. The summed E-state index contributed by atoms with van der Waals surface area (Å²) in [5.41, 5.74) is 4.67. The number of rotatable bonds is 8. The lowest BCUT2D eigenvalue weighted by Gasteiger charge is -2.29. The van der Waals surface area contributed by atoms with E-state index in [4.69, 9.17) is 19.4 Å². The van der Waals surface area contributed by atoms with Gasteiger partial charge < -0.3 is 39.9 Å². The van der Waals surface area contributed by atoms with Crippen LogP contribution in [0.15, 0.2) is 36.4 Å². The van der Waals surface area contributed by atoms with Gasteiger partial charge in [0.25, 0.3) is 0 Å². The molecule has 0 unspecified atom stereocenters. The molecule has 0 spiro atoms. The molecule has 2 saturated heterocycles. The number of fused-ring (bicyclic) bond motifs is 2. The zero-order valence-electron chi connectivity index (χ0n) is 31.4. The second kappa shape index (κ2) is 16.3. The topological polar surface area (TPSA) is 175 Å². The molecule has 2 aliphatic heterocycles. The van der Waals surface area contributed by atoms with E-state index in [1.54, 1.807) is 9.80 Å². The van der Waals surface area contributed by atoms with E-state index in [1.165, 1.54) is 14.2 Å². The second-order valence-corrected chi connectivity index (χ2v) is 14.3. The second-order valence-electron chi connectivity index (χ2n) is 14.3. The monoisotopic (exact) mass is 734 g/mol. The van der Waals surface area contributed by atoms with Crippen molar-refractivity contribution in [2.24, 2.45) is 11.8 Å². The van der Waals surface area contributed by atoms with Crippen LogP contribution in [0.25, 0.3) is 22.1 Å². The first-order valence-corrected chi connectivity index (χ1v) is 18.3. The molecule has 0 saturated carbocycles. The zero-order valence-corrected chi connectivity index (χ0v) is 31.4. The highest BCUT2D eigenvalue weighted by atomic mass is 16.5. The number of hydrogen-bond donors (Lipinski definition) is 4. The summed E-state index contributed by atoms with van der Waals surface area (Å²) in [6.07, 6.45) is 1.91. The number of benzene rings is 2. The maximum Gasteiger partial charge on any atom is 0.407 e. The van der Waals surface area contributed by atoms with E-state index in [0.29, 0.717) is 24.7 Å². The number of nitrogens with zero attached hydrogens (tertiary/aromatic N) is 4. The van der Waals surface area contributed by atoms with Crippen molar-refractivity contribution in [2.45, 2.75) is 77.5 Å². The number of nitrogens with one attached hydrogen (secondary N) is 4. The van der Waals surface area contributed by atoms with Crippen molar-refractivity contribution in [3.8, 4) is 23.7 Å². The molecule has 2 fully saturated rings. The van der Waals surface area contributed by atoms with Gasteiger partial charge in [0.1, 0.15) is 23.7 Å². The van der Waals surface area contributed by atoms with E-state index in [0.717, 1.165) is 58.9 Å². The largest absolute Gasteiger partial charge is 0.453 e. The number of aromatic nitrogens is 4. The summed E-state index contributed by atoms with van der Waals surface area (Å²) in [6, 6.07) is 9.52. The fraction of sp³-hybridized carbons (Fsp3) is 0.450. The van der Waals surface area contributed by atoms with Crippen molar-refractivity contribution in [3.63, 3.8) is 0 Å². The Morgan fingerprint density at radius 2 is 1.11 bits per heavy atom. The van der Waals surface area contributed by atoms with Gasteiger partial charge >= 0.3 is 12.2 Å². The number of carbonyl (C=O) groups excluding carboxylic acids is 4.